The molecule has 3 heteroatoms. The minimum Gasteiger partial charge on any atom is -0.490 e. The van der Waals surface area contributed by atoms with Gasteiger partial charge in [0.2, 0.25) is 0 Å². The van der Waals surface area contributed by atoms with Gasteiger partial charge in [0.15, 0.2) is 0 Å². The van der Waals surface area contributed by atoms with E-state index in [2.05, 4.69) is 50.4 Å². The molecule has 2 rings (SSSR count). The van der Waals surface area contributed by atoms with E-state index in [4.69, 9.17) is 9.47 Å². The third-order valence-electron chi connectivity index (χ3n) is 4.81. The van der Waals surface area contributed by atoms with E-state index in [1.54, 1.807) is 7.11 Å². The quantitative estimate of drug-likeness (QED) is 0.746. The predicted octanol–water partition coefficient (Wildman–Crippen LogP) is 3.28. The minimum absolute atomic E-state index is 0.237. The van der Waals surface area contributed by atoms with E-state index in [9.17, 15) is 0 Å². The van der Waals surface area contributed by atoms with Crippen molar-refractivity contribution >= 4 is 0 Å². The van der Waals surface area contributed by atoms with Gasteiger partial charge in [-0.2, -0.15) is 0 Å². The van der Waals surface area contributed by atoms with E-state index in [1.807, 2.05) is 0 Å². The van der Waals surface area contributed by atoms with Gasteiger partial charge in [0.05, 0.1) is 6.61 Å². The van der Waals surface area contributed by atoms with Crippen molar-refractivity contribution in [3.8, 4) is 5.75 Å². The van der Waals surface area contributed by atoms with Crippen LogP contribution in [0, 0.1) is 11.3 Å². The van der Waals surface area contributed by atoms with Gasteiger partial charge in [0.25, 0.3) is 0 Å². The summed E-state index contributed by atoms with van der Waals surface area (Å²) in [4.78, 5) is 0. The Balaban J connectivity index is 1.91. The monoisotopic (exact) mass is 291 g/mol. The average molecular weight is 291 g/mol. The van der Waals surface area contributed by atoms with Crippen LogP contribution in [0.25, 0.3) is 0 Å². The highest BCUT2D eigenvalue weighted by Crippen LogP contribution is 2.37. The lowest BCUT2D eigenvalue weighted by Crippen LogP contribution is -2.40. The zero-order valence-corrected chi connectivity index (χ0v) is 13.8. The summed E-state index contributed by atoms with van der Waals surface area (Å²) in [6, 6.07) is 8.41. The van der Waals surface area contributed by atoms with Crippen LogP contribution in [-0.2, 0) is 11.2 Å². The molecule has 1 aromatic rings. The maximum atomic E-state index is 6.13. The fourth-order valence-electron chi connectivity index (χ4n) is 2.95. The van der Waals surface area contributed by atoms with E-state index in [0.717, 1.165) is 38.3 Å². The summed E-state index contributed by atoms with van der Waals surface area (Å²) < 4.78 is 11.2. The van der Waals surface area contributed by atoms with E-state index in [0.29, 0.717) is 12.0 Å². The van der Waals surface area contributed by atoms with Gasteiger partial charge in [-0.3, -0.25) is 0 Å². The van der Waals surface area contributed by atoms with Gasteiger partial charge in [0.1, 0.15) is 11.9 Å². The molecular weight excluding hydrogens is 262 g/mol. The fourth-order valence-corrected chi connectivity index (χ4v) is 2.95. The number of hydrogen-bond donors (Lipinski definition) is 1. The highest BCUT2D eigenvalue weighted by molar-refractivity contribution is 5.37. The molecule has 21 heavy (non-hydrogen) atoms. The second kappa shape index (κ2) is 7.28. The molecule has 0 bridgehead atoms. The van der Waals surface area contributed by atoms with E-state index in [-0.39, 0.29) is 5.41 Å². The third kappa shape index (κ3) is 4.21. The van der Waals surface area contributed by atoms with Crippen molar-refractivity contribution in [1.29, 1.82) is 0 Å². The molecule has 1 aromatic carbocycles. The van der Waals surface area contributed by atoms with Crippen molar-refractivity contribution in [2.75, 3.05) is 26.8 Å². The normalized spacial score (nSPS) is 20.1. The molecule has 1 N–H and O–H groups in total. The molecule has 0 spiro atoms. The summed E-state index contributed by atoms with van der Waals surface area (Å²) >= 11 is 0. The number of hydrogen-bond acceptors (Lipinski definition) is 3. The van der Waals surface area contributed by atoms with Gasteiger partial charge in [-0.25, -0.2) is 0 Å². The predicted molar refractivity (Wildman–Crippen MR) is 86.9 cm³/mol. The number of benzene rings is 1. The molecule has 1 heterocycles. The van der Waals surface area contributed by atoms with Crippen LogP contribution in [0.4, 0.5) is 0 Å². The Hall–Kier alpha value is -1.06. The second-order valence-corrected chi connectivity index (χ2v) is 6.73. The van der Waals surface area contributed by atoms with Crippen LogP contribution in [0.2, 0.25) is 0 Å². The molecule has 2 unspecified atom stereocenters. The molecule has 0 radical (unpaired) electrons. The molecule has 0 aliphatic carbocycles. The Kier molecular flexibility index (Phi) is 5.65. The second-order valence-electron chi connectivity index (χ2n) is 6.73. The number of nitrogens with one attached hydrogen (secondary N) is 1. The molecule has 2 atom stereocenters. The Morgan fingerprint density at radius 2 is 2.14 bits per heavy atom. The SMILES string of the molecule is COCCNCC(C)(CC1Cc2ccccc2O1)C(C)C. The summed E-state index contributed by atoms with van der Waals surface area (Å²) in [6.07, 6.45) is 2.43. The van der Waals surface area contributed by atoms with Crippen LogP contribution in [0.3, 0.4) is 0 Å². The van der Waals surface area contributed by atoms with Crippen molar-refractivity contribution in [1.82, 2.24) is 5.32 Å². The Morgan fingerprint density at radius 1 is 1.38 bits per heavy atom. The number of methoxy groups -OCH3 is 1. The van der Waals surface area contributed by atoms with Crippen LogP contribution in [0.5, 0.6) is 5.75 Å². The first-order valence-corrected chi connectivity index (χ1v) is 7.99. The van der Waals surface area contributed by atoms with Crippen LogP contribution < -0.4 is 10.1 Å². The zero-order chi connectivity index (χ0) is 15.3. The van der Waals surface area contributed by atoms with Crippen molar-refractivity contribution in [3.05, 3.63) is 29.8 Å². The number of rotatable bonds is 8. The first-order chi connectivity index (χ1) is 10.0. The van der Waals surface area contributed by atoms with Crippen molar-refractivity contribution in [2.45, 2.75) is 39.7 Å². The fraction of sp³-hybridized carbons (Fsp3) is 0.667. The third-order valence-corrected chi connectivity index (χ3v) is 4.81. The molecule has 0 amide bonds. The molecule has 0 fully saturated rings. The van der Waals surface area contributed by atoms with Crippen molar-refractivity contribution < 1.29 is 9.47 Å². The molecule has 0 saturated carbocycles. The highest BCUT2D eigenvalue weighted by atomic mass is 16.5. The highest BCUT2D eigenvalue weighted by Gasteiger charge is 2.34. The molecule has 0 aromatic heterocycles. The average Bonchev–Trinajstić information content (AvgIpc) is 2.85. The van der Waals surface area contributed by atoms with E-state index in [1.165, 1.54) is 5.56 Å². The summed E-state index contributed by atoms with van der Waals surface area (Å²) in [6.45, 7) is 9.65. The Labute approximate surface area is 129 Å². The summed E-state index contributed by atoms with van der Waals surface area (Å²) in [5.74, 6) is 1.68. The standard InChI is InChI=1S/C18H29NO2/c1-14(2)18(3,13-19-9-10-20-4)12-16-11-15-7-5-6-8-17(15)21-16/h5-8,14,16,19H,9-13H2,1-4H3. The number of para-hydroxylation sites is 1. The van der Waals surface area contributed by atoms with Gasteiger partial charge >= 0.3 is 0 Å². The lowest BCUT2D eigenvalue weighted by molar-refractivity contribution is 0.103. The van der Waals surface area contributed by atoms with Crippen LogP contribution >= 0.6 is 0 Å². The molecule has 118 valence electrons. The van der Waals surface area contributed by atoms with Gasteiger partial charge in [0, 0.05) is 26.6 Å². The van der Waals surface area contributed by atoms with Crippen molar-refractivity contribution in [3.63, 3.8) is 0 Å². The van der Waals surface area contributed by atoms with Crippen LogP contribution in [0.15, 0.2) is 24.3 Å². The van der Waals surface area contributed by atoms with Gasteiger partial charge in [-0.15, -0.1) is 0 Å². The first-order valence-electron chi connectivity index (χ1n) is 7.99. The smallest absolute Gasteiger partial charge is 0.123 e. The first kappa shape index (κ1) is 16.3. The van der Waals surface area contributed by atoms with Crippen molar-refractivity contribution in [2.24, 2.45) is 11.3 Å². The van der Waals surface area contributed by atoms with E-state index >= 15 is 0 Å². The van der Waals surface area contributed by atoms with Gasteiger partial charge in [-0.1, -0.05) is 39.0 Å². The molecule has 0 saturated heterocycles. The minimum atomic E-state index is 0.237. The Bertz CT molecular complexity index is 422. The molecular formula is C18H29NO2. The van der Waals surface area contributed by atoms with Crippen LogP contribution in [0.1, 0.15) is 32.8 Å². The lowest BCUT2D eigenvalue weighted by Gasteiger charge is -2.36. The van der Waals surface area contributed by atoms with Crippen LogP contribution in [-0.4, -0.2) is 32.9 Å². The largest absolute Gasteiger partial charge is 0.490 e. The number of fused-ring (bicyclic) bond motifs is 1. The summed E-state index contributed by atoms with van der Waals surface area (Å²) in [5, 5.41) is 3.52. The molecule has 1 aliphatic heterocycles. The zero-order valence-electron chi connectivity index (χ0n) is 13.8. The Morgan fingerprint density at radius 3 is 2.81 bits per heavy atom. The maximum absolute atomic E-state index is 6.13. The molecule has 1 aliphatic rings. The lowest BCUT2D eigenvalue weighted by atomic mass is 9.74. The van der Waals surface area contributed by atoms with Gasteiger partial charge in [-0.05, 0) is 29.4 Å². The maximum Gasteiger partial charge on any atom is 0.123 e. The number of ether oxygens (including phenoxy) is 2. The van der Waals surface area contributed by atoms with Gasteiger partial charge < -0.3 is 14.8 Å². The molecule has 3 nitrogen and oxygen atoms in total. The summed E-state index contributed by atoms with van der Waals surface area (Å²) in [7, 11) is 1.74. The summed E-state index contributed by atoms with van der Waals surface area (Å²) in [5.41, 5.74) is 1.58. The van der Waals surface area contributed by atoms with E-state index < -0.39 is 0 Å². The topological polar surface area (TPSA) is 30.5 Å².